The van der Waals surface area contributed by atoms with Crippen LogP contribution in [0.25, 0.3) is 0 Å². The second-order valence-electron chi connectivity index (χ2n) is 6.34. The number of rotatable bonds is 8. The van der Waals surface area contributed by atoms with Gasteiger partial charge in [0.2, 0.25) is 0 Å². The molecule has 2 aromatic carbocycles. The van der Waals surface area contributed by atoms with Crippen molar-refractivity contribution in [3.05, 3.63) is 77.3 Å². The maximum absolute atomic E-state index is 6.32. The minimum absolute atomic E-state index is 0.0448. The van der Waals surface area contributed by atoms with Crippen molar-refractivity contribution in [3.63, 3.8) is 0 Å². The fraction of sp³-hybridized carbons (Fsp3) is 0.238. The smallest absolute Gasteiger partial charge is 0.146 e. The molecule has 0 N–H and O–H groups in total. The molecule has 0 spiro atoms. The van der Waals surface area contributed by atoms with Crippen LogP contribution in [0.3, 0.4) is 0 Å². The second kappa shape index (κ2) is 9.47. The number of thiocarbonyl (C=S) groups is 1. The van der Waals surface area contributed by atoms with Crippen LogP contribution in [-0.4, -0.2) is 20.8 Å². The van der Waals surface area contributed by atoms with Gasteiger partial charge in [-0.1, -0.05) is 29.8 Å². The molecule has 1 unspecified atom stereocenters. The van der Waals surface area contributed by atoms with Gasteiger partial charge in [0, 0.05) is 17.4 Å². The molecular weight excluding hydrogens is 378 g/mol. The summed E-state index contributed by atoms with van der Waals surface area (Å²) in [6.07, 6.45) is 7.18. The fourth-order valence-electron chi connectivity index (χ4n) is 2.84. The number of nitrogens with zero attached hydrogens (tertiary/aromatic N) is 3. The average Bonchev–Trinajstić information content (AvgIpc) is 3.16. The van der Waals surface area contributed by atoms with E-state index in [9.17, 15) is 0 Å². The largest absolute Gasteiger partial charge is 0.486 e. The average molecular weight is 398 g/mol. The van der Waals surface area contributed by atoms with E-state index in [-0.39, 0.29) is 6.10 Å². The zero-order valence-corrected chi connectivity index (χ0v) is 16.6. The minimum atomic E-state index is -0.0448. The molecular formula is C21H20ClN3OS. The predicted octanol–water partition coefficient (Wildman–Crippen LogP) is 5.66. The monoisotopic (exact) mass is 397 g/mol. The van der Waals surface area contributed by atoms with Gasteiger partial charge in [0.25, 0.3) is 0 Å². The molecule has 6 heteroatoms. The Kier molecular flexibility index (Phi) is 6.77. The maximum atomic E-state index is 6.32. The topological polar surface area (TPSA) is 39.4 Å². The van der Waals surface area contributed by atoms with Gasteiger partial charge in [-0.2, -0.15) is 4.99 Å². The van der Waals surface area contributed by atoms with E-state index in [1.54, 1.807) is 12.5 Å². The molecule has 0 bridgehead atoms. The summed E-state index contributed by atoms with van der Waals surface area (Å²) in [5.41, 5.74) is 3.02. The molecule has 0 aliphatic carbocycles. The first-order valence-corrected chi connectivity index (χ1v) is 9.48. The van der Waals surface area contributed by atoms with Crippen LogP contribution in [0.2, 0.25) is 5.02 Å². The van der Waals surface area contributed by atoms with E-state index < -0.39 is 0 Å². The summed E-state index contributed by atoms with van der Waals surface area (Å²) in [7, 11) is 0. The summed E-state index contributed by atoms with van der Waals surface area (Å²) < 4.78 is 8.33. The number of aliphatic imine (C=N–C) groups is 1. The van der Waals surface area contributed by atoms with Crippen LogP contribution in [0.5, 0.6) is 5.75 Å². The van der Waals surface area contributed by atoms with Crippen LogP contribution < -0.4 is 4.74 Å². The molecule has 1 aromatic heterocycles. The van der Waals surface area contributed by atoms with Crippen LogP contribution in [0, 0.1) is 6.92 Å². The van der Waals surface area contributed by atoms with Gasteiger partial charge in [-0.15, -0.1) is 0 Å². The van der Waals surface area contributed by atoms with Crippen LogP contribution >= 0.6 is 23.8 Å². The van der Waals surface area contributed by atoms with Gasteiger partial charge in [0.05, 0.1) is 18.0 Å². The number of isothiocyanates is 1. The summed E-state index contributed by atoms with van der Waals surface area (Å²) in [4.78, 5) is 8.27. The molecule has 0 fully saturated rings. The lowest BCUT2D eigenvalue weighted by molar-refractivity contribution is 0.171. The summed E-state index contributed by atoms with van der Waals surface area (Å²) in [5.74, 6) is 0.708. The van der Waals surface area contributed by atoms with Crippen molar-refractivity contribution in [1.29, 1.82) is 0 Å². The molecule has 27 heavy (non-hydrogen) atoms. The molecule has 0 aliphatic heterocycles. The zero-order chi connectivity index (χ0) is 19.1. The van der Waals surface area contributed by atoms with E-state index in [2.05, 4.69) is 15.1 Å². The first-order chi connectivity index (χ1) is 13.1. The number of halogens is 1. The Morgan fingerprint density at radius 2 is 2.07 bits per heavy atom. The molecule has 0 radical (unpaired) electrons. The van der Waals surface area contributed by atoms with Crippen molar-refractivity contribution in [2.75, 3.05) is 0 Å². The quantitative estimate of drug-likeness (QED) is 0.363. The third-order valence-corrected chi connectivity index (χ3v) is 4.56. The number of ether oxygens (including phenoxy) is 1. The Morgan fingerprint density at radius 3 is 2.78 bits per heavy atom. The summed E-state index contributed by atoms with van der Waals surface area (Å²) >= 11 is 10.8. The second-order valence-corrected chi connectivity index (χ2v) is 6.96. The normalized spacial score (nSPS) is 11.6. The highest BCUT2D eigenvalue weighted by atomic mass is 35.5. The molecule has 1 atom stereocenters. The minimum Gasteiger partial charge on any atom is -0.486 e. The first-order valence-electron chi connectivity index (χ1n) is 8.69. The lowest BCUT2D eigenvalue weighted by atomic mass is 10.1. The Morgan fingerprint density at radius 1 is 1.26 bits per heavy atom. The van der Waals surface area contributed by atoms with Crippen LogP contribution in [0.1, 0.15) is 17.5 Å². The molecule has 138 valence electrons. The van der Waals surface area contributed by atoms with Crippen LogP contribution in [0.15, 0.2) is 66.2 Å². The molecule has 0 amide bonds. The Labute approximate surface area is 169 Å². The van der Waals surface area contributed by atoms with Gasteiger partial charge >= 0.3 is 0 Å². The summed E-state index contributed by atoms with van der Waals surface area (Å²) in [6.45, 7) is 2.71. The molecule has 4 nitrogen and oxygen atoms in total. The van der Waals surface area contributed by atoms with Crippen LogP contribution in [0.4, 0.5) is 5.69 Å². The van der Waals surface area contributed by atoms with E-state index in [1.165, 1.54) is 5.56 Å². The summed E-state index contributed by atoms with van der Waals surface area (Å²) in [5, 5.41) is 3.18. The van der Waals surface area contributed by atoms with Gasteiger partial charge in [0.1, 0.15) is 17.5 Å². The highest BCUT2D eigenvalue weighted by Crippen LogP contribution is 2.30. The van der Waals surface area contributed by atoms with Gasteiger partial charge < -0.3 is 9.30 Å². The molecule has 3 rings (SSSR count). The van der Waals surface area contributed by atoms with E-state index >= 15 is 0 Å². The SMILES string of the molecule is Cc1ccc(OC(CCc2ccc(Cl)cc2)Cn2ccnc2)c(N=C=S)c1. The van der Waals surface area contributed by atoms with Crippen LogP contribution in [-0.2, 0) is 13.0 Å². The molecule has 3 aromatic rings. The van der Waals surface area contributed by atoms with E-state index in [0.717, 1.165) is 23.4 Å². The number of imidazole rings is 1. The van der Waals surface area contributed by atoms with Crippen molar-refractivity contribution in [2.45, 2.75) is 32.4 Å². The van der Waals surface area contributed by atoms with Crippen molar-refractivity contribution >= 4 is 34.7 Å². The number of benzene rings is 2. The van der Waals surface area contributed by atoms with Crippen molar-refractivity contribution in [3.8, 4) is 5.75 Å². The van der Waals surface area contributed by atoms with Crippen molar-refractivity contribution in [2.24, 2.45) is 4.99 Å². The van der Waals surface area contributed by atoms with Crippen molar-refractivity contribution in [1.82, 2.24) is 9.55 Å². The summed E-state index contributed by atoms with van der Waals surface area (Å²) in [6, 6.07) is 13.8. The maximum Gasteiger partial charge on any atom is 0.146 e. The van der Waals surface area contributed by atoms with Gasteiger partial charge in [-0.3, -0.25) is 0 Å². The zero-order valence-electron chi connectivity index (χ0n) is 15.0. The standard InChI is InChI=1S/C21H20ClN3OS/c1-16-2-9-21(20(12-16)24-15-27)26-19(13-25-11-10-23-14-25)8-5-17-3-6-18(22)7-4-17/h2-4,6-7,9-12,14,19H,5,8,13H2,1H3. The Bertz CT molecular complexity index is 919. The number of aromatic nitrogens is 2. The van der Waals surface area contributed by atoms with Gasteiger partial charge in [-0.05, 0) is 67.4 Å². The molecule has 0 saturated heterocycles. The third-order valence-electron chi connectivity index (χ3n) is 4.22. The lowest BCUT2D eigenvalue weighted by Gasteiger charge is -2.21. The Balaban J connectivity index is 1.77. The molecule has 0 aliphatic rings. The van der Waals surface area contributed by atoms with E-state index in [1.807, 2.05) is 60.2 Å². The Hall–Kier alpha value is -2.46. The first kappa shape index (κ1) is 19.3. The molecule has 1 heterocycles. The highest BCUT2D eigenvalue weighted by Gasteiger charge is 2.14. The van der Waals surface area contributed by atoms with Gasteiger partial charge in [-0.25, -0.2) is 4.98 Å². The van der Waals surface area contributed by atoms with E-state index in [4.69, 9.17) is 28.6 Å². The fourth-order valence-corrected chi connectivity index (χ4v) is 3.06. The highest BCUT2D eigenvalue weighted by molar-refractivity contribution is 7.78. The predicted molar refractivity (Wildman–Crippen MR) is 112 cm³/mol. The lowest BCUT2D eigenvalue weighted by Crippen LogP contribution is -2.23. The number of hydrogen-bond donors (Lipinski definition) is 0. The number of hydrogen-bond acceptors (Lipinski definition) is 4. The van der Waals surface area contributed by atoms with E-state index in [0.29, 0.717) is 18.0 Å². The molecule has 0 saturated carbocycles. The number of aryl methyl sites for hydroxylation is 2. The van der Waals surface area contributed by atoms with Gasteiger partial charge in [0.15, 0.2) is 0 Å². The third kappa shape index (κ3) is 5.76. The van der Waals surface area contributed by atoms with Crippen molar-refractivity contribution < 1.29 is 4.74 Å².